The van der Waals surface area contributed by atoms with E-state index in [2.05, 4.69) is 15.9 Å². The van der Waals surface area contributed by atoms with E-state index in [4.69, 9.17) is 28.9 Å². The van der Waals surface area contributed by atoms with E-state index in [1.807, 2.05) is 0 Å². The van der Waals surface area contributed by atoms with E-state index in [0.29, 0.717) is 16.0 Å². The van der Waals surface area contributed by atoms with E-state index >= 15 is 0 Å². The Balaban J connectivity index is 1.76. The number of aryl methyl sites for hydroxylation is 1. The van der Waals surface area contributed by atoms with Crippen LogP contribution in [0.15, 0.2) is 29.8 Å². The Bertz CT molecular complexity index is 1270. The molecule has 3 fully saturated rings. The molecule has 1 aromatic carbocycles. The largest absolute Gasteiger partial charge is 0.507 e. The van der Waals surface area contributed by atoms with Crippen LogP contribution in [0.5, 0.6) is 5.75 Å². The Labute approximate surface area is 218 Å². The van der Waals surface area contributed by atoms with Crippen molar-refractivity contribution < 1.29 is 29.1 Å². The van der Waals surface area contributed by atoms with Crippen molar-refractivity contribution in [2.75, 3.05) is 5.45 Å². The van der Waals surface area contributed by atoms with Gasteiger partial charge in [-0.3, -0.25) is 24.1 Å². The van der Waals surface area contributed by atoms with Crippen LogP contribution in [0.25, 0.3) is 0 Å². The minimum atomic E-state index is -2.01. The third kappa shape index (κ3) is 2.84. The van der Waals surface area contributed by atoms with Crippen LogP contribution in [0.1, 0.15) is 29.9 Å². The van der Waals surface area contributed by atoms with Crippen LogP contribution in [0.3, 0.4) is 0 Å². The van der Waals surface area contributed by atoms with Gasteiger partial charge in [-0.25, -0.2) is 4.79 Å². The summed E-state index contributed by atoms with van der Waals surface area (Å²) in [6, 6.07) is 3.77. The molecule has 0 spiro atoms. The molecule has 0 aromatic heterocycles. The Kier molecular flexibility index (Phi) is 5.40. The Morgan fingerprint density at radius 1 is 1.17 bits per heavy atom. The van der Waals surface area contributed by atoms with Gasteiger partial charge in [-0.15, -0.1) is 23.2 Å². The molecule has 1 saturated carbocycles. The molecular weight excluding hydrogens is 565 g/mol. The number of para-hydroxylation sites is 1. The molecule has 2 aliphatic heterocycles. The molecule has 0 bridgehead atoms. The molecule has 6 amide bonds. The molecule has 3 N–H and O–H groups in total. The molecule has 1 aromatic rings. The minimum Gasteiger partial charge on any atom is -0.507 e. The number of imide groups is 4. The Morgan fingerprint density at radius 3 is 2.49 bits per heavy atom. The highest BCUT2D eigenvalue weighted by Crippen LogP contribution is 2.66. The lowest BCUT2D eigenvalue weighted by Gasteiger charge is -2.50. The van der Waals surface area contributed by atoms with E-state index < -0.39 is 63.1 Å². The number of hydrogen-bond acceptors (Lipinski definition) is 6. The zero-order valence-electron chi connectivity index (χ0n) is 18.3. The Hall–Kier alpha value is -2.43. The topological polar surface area (TPSA) is 138 Å². The smallest absolute Gasteiger partial charge is 0.328 e. The summed E-state index contributed by atoms with van der Waals surface area (Å²) in [5.41, 5.74) is 6.46. The van der Waals surface area contributed by atoms with Crippen LogP contribution in [-0.4, -0.2) is 59.8 Å². The van der Waals surface area contributed by atoms with E-state index in [9.17, 15) is 29.1 Å². The van der Waals surface area contributed by atoms with Gasteiger partial charge in [-0.05, 0) is 31.2 Å². The quantitative estimate of drug-likeness (QED) is 0.237. The molecule has 2 saturated heterocycles. The first-order valence-corrected chi connectivity index (χ1v) is 12.7. The SMILES string of the molecule is Cc1cccc([C@H]2C3=CC[C@@H]4C(=O)N(C(N)=O)C(=O)[C@@H]4[C@@H]3C[C@@]3(Cl)C(=O)N(CBr)C(=O)[C@@]23Cl)c1O. The lowest BCUT2D eigenvalue weighted by molar-refractivity contribution is -0.139. The number of halogens is 3. The number of fused-ring (bicyclic) bond motifs is 4. The third-order valence-corrected chi connectivity index (χ3v) is 9.73. The molecule has 0 unspecified atom stereocenters. The molecule has 2 aliphatic carbocycles. The van der Waals surface area contributed by atoms with Gasteiger partial charge in [0, 0.05) is 11.5 Å². The molecule has 6 atom stereocenters. The van der Waals surface area contributed by atoms with Crippen molar-refractivity contribution in [2.45, 2.75) is 35.4 Å². The van der Waals surface area contributed by atoms with Crippen LogP contribution in [0.4, 0.5) is 4.79 Å². The second-order valence-corrected chi connectivity index (χ2v) is 11.1. The number of nitrogens with two attached hydrogens (primary N) is 1. The van der Waals surface area contributed by atoms with Crippen molar-refractivity contribution in [2.24, 2.45) is 23.5 Å². The monoisotopic (exact) mass is 583 g/mol. The van der Waals surface area contributed by atoms with Crippen molar-refractivity contribution >= 4 is 68.8 Å². The first-order chi connectivity index (χ1) is 16.4. The van der Waals surface area contributed by atoms with Gasteiger partial charge in [0.15, 0.2) is 9.75 Å². The first kappa shape index (κ1) is 24.3. The molecule has 12 heteroatoms. The molecule has 2 heterocycles. The summed E-state index contributed by atoms with van der Waals surface area (Å²) in [6.45, 7) is 1.68. The van der Waals surface area contributed by atoms with Gasteiger partial charge < -0.3 is 10.8 Å². The van der Waals surface area contributed by atoms with Crippen LogP contribution in [-0.2, 0) is 19.2 Å². The lowest BCUT2D eigenvalue weighted by atomic mass is 9.56. The number of benzene rings is 1. The van der Waals surface area contributed by atoms with Gasteiger partial charge in [0.25, 0.3) is 11.8 Å². The second kappa shape index (κ2) is 7.78. The normalized spacial score (nSPS) is 36.2. The van der Waals surface area contributed by atoms with Crippen LogP contribution in [0, 0.1) is 24.7 Å². The summed E-state index contributed by atoms with van der Waals surface area (Å²) in [4.78, 5) is 62.4. The fourth-order valence-corrected chi connectivity index (χ4v) is 7.65. The zero-order valence-corrected chi connectivity index (χ0v) is 21.4. The number of nitrogens with zero attached hydrogens (tertiary/aromatic N) is 2. The van der Waals surface area contributed by atoms with Crippen molar-refractivity contribution in [1.29, 1.82) is 0 Å². The van der Waals surface area contributed by atoms with Crippen molar-refractivity contribution in [3.05, 3.63) is 41.0 Å². The van der Waals surface area contributed by atoms with E-state index in [-0.39, 0.29) is 29.6 Å². The van der Waals surface area contributed by atoms with Gasteiger partial charge in [-0.1, -0.05) is 45.8 Å². The van der Waals surface area contributed by atoms with Crippen LogP contribution < -0.4 is 5.73 Å². The molecule has 0 radical (unpaired) electrons. The lowest BCUT2D eigenvalue weighted by Crippen LogP contribution is -2.60. The van der Waals surface area contributed by atoms with Crippen LogP contribution in [0.2, 0.25) is 0 Å². The highest BCUT2D eigenvalue weighted by atomic mass is 79.9. The van der Waals surface area contributed by atoms with Gasteiger partial charge in [0.2, 0.25) is 11.8 Å². The average molecular weight is 585 g/mol. The predicted octanol–water partition coefficient (Wildman–Crippen LogP) is 2.49. The summed E-state index contributed by atoms with van der Waals surface area (Å²) < 4.78 is 0. The molecule has 5 rings (SSSR count). The number of amides is 6. The second-order valence-electron chi connectivity index (χ2n) is 9.35. The number of aromatic hydroxyl groups is 1. The molecule has 184 valence electrons. The number of phenolic OH excluding ortho intramolecular Hbond substituents is 1. The molecule has 35 heavy (non-hydrogen) atoms. The maximum absolute atomic E-state index is 13.6. The number of carbonyl (C=O) groups is 5. The van der Waals surface area contributed by atoms with Crippen molar-refractivity contribution in [3.63, 3.8) is 0 Å². The maximum Gasteiger partial charge on any atom is 0.328 e. The van der Waals surface area contributed by atoms with Gasteiger partial charge in [-0.2, -0.15) is 4.90 Å². The third-order valence-electron chi connectivity index (χ3n) is 7.82. The average Bonchev–Trinajstić information content (AvgIpc) is 3.14. The fraction of sp³-hybridized carbons (Fsp3) is 0.435. The van der Waals surface area contributed by atoms with Gasteiger partial charge in [0.05, 0.1) is 17.3 Å². The Morgan fingerprint density at radius 2 is 1.86 bits per heavy atom. The van der Waals surface area contributed by atoms with Gasteiger partial charge in [0.1, 0.15) is 5.75 Å². The number of allylic oxidation sites excluding steroid dienone is 2. The number of alkyl halides is 3. The number of primary amides is 1. The van der Waals surface area contributed by atoms with E-state index in [1.165, 1.54) is 0 Å². The number of rotatable bonds is 2. The number of phenols is 1. The highest BCUT2D eigenvalue weighted by Gasteiger charge is 2.76. The number of carbonyl (C=O) groups excluding carboxylic acids is 5. The van der Waals surface area contributed by atoms with E-state index in [0.717, 1.165) is 4.90 Å². The fourth-order valence-electron chi connectivity index (χ4n) is 6.23. The minimum absolute atomic E-state index is 0.0977. The number of hydrogen-bond donors (Lipinski definition) is 2. The molecule has 9 nitrogen and oxygen atoms in total. The van der Waals surface area contributed by atoms with Crippen molar-refractivity contribution in [3.8, 4) is 5.75 Å². The summed E-state index contributed by atoms with van der Waals surface area (Å²) in [6.07, 6.45) is 1.59. The predicted molar refractivity (Wildman–Crippen MR) is 128 cm³/mol. The summed E-state index contributed by atoms with van der Waals surface area (Å²) in [7, 11) is 0. The summed E-state index contributed by atoms with van der Waals surface area (Å²) >= 11 is 17.2. The summed E-state index contributed by atoms with van der Waals surface area (Å²) in [5, 5.41) is 11.0. The van der Waals surface area contributed by atoms with Gasteiger partial charge >= 0.3 is 6.03 Å². The zero-order chi connectivity index (χ0) is 25.6. The molecule has 4 aliphatic rings. The highest BCUT2D eigenvalue weighted by molar-refractivity contribution is 9.09. The maximum atomic E-state index is 13.6. The standard InChI is InChI=1S/C23H20BrCl2N3O6/c1-9-3-2-4-12(16(9)30)15-10-5-6-11-14(18(32)29(17(11)31)21(27)35)13(10)7-22(25)19(33)28(8-24)20(34)23(15,22)26/h2-5,11,13-15,30H,6-8H2,1H3,(H2,27,35)/t11-,13+,14-,15+,22+,23-/m0/s1. The number of likely N-dealkylation sites (tertiary alicyclic amines) is 2. The molecular formula is C23H20BrCl2N3O6. The first-order valence-electron chi connectivity index (χ1n) is 10.9. The summed E-state index contributed by atoms with van der Waals surface area (Å²) in [5.74, 6) is -6.81. The van der Waals surface area contributed by atoms with Crippen LogP contribution >= 0.6 is 39.1 Å². The van der Waals surface area contributed by atoms with Crippen molar-refractivity contribution in [1.82, 2.24) is 9.80 Å². The van der Waals surface area contributed by atoms with E-state index in [1.54, 1.807) is 31.2 Å². The number of urea groups is 1.